The fourth-order valence-electron chi connectivity index (χ4n) is 9.99. The number of carbonyl (C=O) groups is 1. The van der Waals surface area contributed by atoms with Gasteiger partial charge in [-0.05, 0) is 75.1 Å². The summed E-state index contributed by atoms with van der Waals surface area (Å²) in [6.07, 6.45) is 5.85. The van der Waals surface area contributed by atoms with Crippen molar-refractivity contribution in [1.82, 2.24) is 25.1 Å². The quantitative estimate of drug-likeness (QED) is 0.212. The highest BCUT2D eigenvalue weighted by Gasteiger charge is 2.55. The number of rotatable bonds is 7. The molecule has 0 bridgehead atoms. The summed E-state index contributed by atoms with van der Waals surface area (Å²) in [4.78, 5) is 29.6. The Morgan fingerprint density at radius 3 is 2.81 bits per heavy atom. The van der Waals surface area contributed by atoms with Gasteiger partial charge in [0.2, 0.25) is 5.91 Å². The maximum absolute atomic E-state index is 17.3. The van der Waals surface area contributed by atoms with Crippen molar-refractivity contribution >= 4 is 60.7 Å². The van der Waals surface area contributed by atoms with Gasteiger partial charge in [0.25, 0.3) is 0 Å². The van der Waals surface area contributed by atoms with E-state index in [9.17, 15) is 14.4 Å². The second-order valence-electron chi connectivity index (χ2n) is 15.7. The molecule has 0 spiro atoms. The number of anilines is 2. The van der Waals surface area contributed by atoms with Crippen LogP contribution >= 0.6 is 22.9 Å². The molecule has 5 aliphatic heterocycles. The number of hydrogen-bond acceptors (Lipinski definition) is 10. The molecule has 10 nitrogen and oxygen atoms in total. The van der Waals surface area contributed by atoms with Gasteiger partial charge in [-0.15, -0.1) is 11.3 Å². The number of piperidine rings is 1. The Balaban J connectivity index is 1.08. The number of ether oxygens (including phenoxy) is 1. The Bertz CT molecular complexity index is 2250. The normalized spacial score (nSPS) is 29.5. The molecule has 2 aromatic heterocycles. The van der Waals surface area contributed by atoms with E-state index >= 15 is 8.78 Å². The van der Waals surface area contributed by atoms with Gasteiger partial charge in [0, 0.05) is 48.4 Å². The highest BCUT2D eigenvalue weighted by Crippen LogP contribution is 2.48. The SMILES string of the molecule is N#Cc1c(N)sc2c(F)ccc(-c3c(Cl)cc4c(N5CCCC6C5CCN6C(=O)[C@@H]5N[C@H]5C5CC5)nc(OC[C@@]56CCCN5C[C@H](F)C6)nc4c3F)c12. The van der Waals surface area contributed by atoms with E-state index in [1.165, 1.54) is 25.0 Å². The van der Waals surface area contributed by atoms with Gasteiger partial charge in [0.15, 0.2) is 5.82 Å². The lowest BCUT2D eigenvalue weighted by Gasteiger charge is -2.41. The first-order valence-electron chi connectivity index (χ1n) is 18.6. The minimum atomic E-state index is -0.949. The molecule has 1 amide bonds. The molecule has 6 fully saturated rings. The molecule has 276 valence electrons. The van der Waals surface area contributed by atoms with Gasteiger partial charge in [-0.25, -0.2) is 13.2 Å². The molecule has 4 aromatic rings. The summed E-state index contributed by atoms with van der Waals surface area (Å²) in [5.74, 6) is -0.127. The van der Waals surface area contributed by atoms with Crippen molar-refractivity contribution in [3.63, 3.8) is 0 Å². The first-order chi connectivity index (χ1) is 25.7. The molecule has 6 atom stereocenters. The maximum atomic E-state index is 17.3. The van der Waals surface area contributed by atoms with Crippen molar-refractivity contribution in [3.8, 4) is 23.2 Å². The molecule has 1 aliphatic carbocycles. The number of carbonyl (C=O) groups excluding carboxylic acids is 1. The van der Waals surface area contributed by atoms with Crippen LogP contribution in [0.5, 0.6) is 6.01 Å². The Hall–Kier alpha value is -3.90. The highest BCUT2D eigenvalue weighted by molar-refractivity contribution is 7.23. The predicted molar refractivity (Wildman–Crippen MR) is 197 cm³/mol. The summed E-state index contributed by atoms with van der Waals surface area (Å²) < 4.78 is 53.5. The van der Waals surface area contributed by atoms with Gasteiger partial charge in [-0.1, -0.05) is 17.7 Å². The van der Waals surface area contributed by atoms with Gasteiger partial charge in [0.1, 0.15) is 47.0 Å². The minimum Gasteiger partial charge on any atom is -0.461 e. The van der Waals surface area contributed by atoms with Crippen LogP contribution < -0.4 is 20.7 Å². The lowest BCUT2D eigenvalue weighted by molar-refractivity contribution is -0.132. The van der Waals surface area contributed by atoms with E-state index in [-0.39, 0.29) is 85.0 Å². The van der Waals surface area contributed by atoms with Gasteiger partial charge in [-0.2, -0.15) is 15.2 Å². The van der Waals surface area contributed by atoms with Crippen LogP contribution in [0.3, 0.4) is 0 Å². The molecule has 6 aliphatic rings. The van der Waals surface area contributed by atoms with Crippen molar-refractivity contribution in [3.05, 3.63) is 40.4 Å². The van der Waals surface area contributed by atoms with Crippen LogP contribution in [-0.4, -0.2) is 94.3 Å². The number of aromatic nitrogens is 2. The number of fused-ring (bicyclic) bond motifs is 4. The maximum Gasteiger partial charge on any atom is 0.319 e. The van der Waals surface area contributed by atoms with Crippen LogP contribution in [-0.2, 0) is 4.79 Å². The summed E-state index contributed by atoms with van der Waals surface area (Å²) in [7, 11) is 0. The van der Waals surface area contributed by atoms with Gasteiger partial charge in [0.05, 0.1) is 32.9 Å². The largest absolute Gasteiger partial charge is 0.461 e. The van der Waals surface area contributed by atoms with E-state index in [2.05, 4.69) is 20.1 Å². The number of nitrogens with two attached hydrogens (primary N) is 1. The first kappa shape index (κ1) is 33.7. The molecule has 5 saturated heterocycles. The zero-order chi connectivity index (χ0) is 36.3. The average molecular weight is 763 g/mol. The fourth-order valence-corrected chi connectivity index (χ4v) is 11.2. The number of benzene rings is 2. The van der Waals surface area contributed by atoms with Gasteiger partial charge >= 0.3 is 6.01 Å². The third-order valence-electron chi connectivity index (χ3n) is 12.7. The summed E-state index contributed by atoms with van der Waals surface area (Å²) in [5, 5.41) is 14.1. The smallest absolute Gasteiger partial charge is 0.319 e. The average Bonchev–Trinajstić information content (AvgIpc) is 3.99. The number of likely N-dealkylation sites (tertiary alicyclic amines) is 1. The zero-order valence-corrected chi connectivity index (χ0v) is 30.5. The van der Waals surface area contributed by atoms with E-state index in [1.54, 1.807) is 6.07 Å². The Labute approximate surface area is 313 Å². The third-order valence-corrected chi connectivity index (χ3v) is 14.0. The van der Waals surface area contributed by atoms with Crippen molar-refractivity contribution in [2.75, 3.05) is 43.4 Å². The lowest BCUT2D eigenvalue weighted by Crippen LogP contribution is -2.52. The number of halogens is 4. The highest BCUT2D eigenvalue weighted by atomic mass is 35.5. The number of amides is 1. The van der Waals surface area contributed by atoms with Crippen LogP contribution in [0.2, 0.25) is 5.02 Å². The minimum absolute atomic E-state index is 0.0284. The van der Waals surface area contributed by atoms with E-state index in [0.717, 1.165) is 50.0 Å². The molecule has 10 rings (SSSR count). The van der Waals surface area contributed by atoms with E-state index in [4.69, 9.17) is 27.1 Å². The van der Waals surface area contributed by atoms with Crippen molar-refractivity contribution < 1.29 is 22.7 Å². The second kappa shape index (κ2) is 12.3. The lowest BCUT2D eigenvalue weighted by atomic mass is 9.95. The Kier molecular flexibility index (Phi) is 7.82. The van der Waals surface area contributed by atoms with Crippen LogP contribution in [0, 0.1) is 28.9 Å². The molecule has 2 unspecified atom stereocenters. The topological polar surface area (TPSA) is 134 Å². The van der Waals surface area contributed by atoms with Crippen LogP contribution in [0.1, 0.15) is 56.9 Å². The number of nitrogens with one attached hydrogen (secondary N) is 1. The van der Waals surface area contributed by atoms with Crippen molar-refractivity contribution in [2.24, 2.45) is 5.92 Å². The molecule has 2 aromatic carbocycles. The zero-order valence-electron chi connectivity index (χ0n) is 28.9. The van der Waals surface area contributed by atoms with E-state index in [0.29, 0.717) is 43.2 Å². The second-order valence-corrected chi connectivity index (χ2v) is 17.1. The molecule has 53 heavy (non-hydrogen) atoms. The predicted octanol–water partition coefficient (Wildman–Crippen LogP) is 6.17. The van der Waals surface area contributed by atoms with E-state index in [1.807, 2.05) is 11.0 Å². The number of thiophene rings is 1. The Morgan fingerprint density at radius 2 is 2.00 bits per heavy atom. The summed E-state index contributed by atoms with van der Waals surface area (Å²) >= 11 is 7.89. The summed E-state index contributed by atoms with van der Waals surface area (Å²) in [6, 6.07) is 6.34. The summed E-state index contributed by atoms with van der Waals surface area (Å²) in [5.41, 5.74) is 5.83. The number of nitriles is 1. The molecule has 15 heteroatoms. The molecular formula is C38H38ClF3N8O2S. The van der Waals surface area contributed by atoms with Gasteiger partial charge < -0.3 is 20.3 Å². The number of alkyl halides is 1. The third kappa shape index (κ3) is 5.28. The number of nitrogens with zero attached hydrogens (tertiary/aromatic N) is 6. The van der Waals surface area contributed by atoms with Crippen LogP contribution in [0.25, 0.3) is 32.1 Å². The molecule has 7 heterocycles. The van der Waals surface area contributed by atoms with E-state index < -0.39 is 23.3 Å². The van der Waals surface area contributed by atoms with Crippen molar-refractivity contribution in [2.45, 2.75) is 87.2 Å². The monoisotopic (exact) mass is 762 g/mol. The number of nitrogen functional groups attached to an aromatic ring is 1. The molecular weight excluding hydrogens is 725 g/mol. The van der Waals surface area contributed by atoms with Crippen LogP contribution in [0.4, 0.5) is 24.0 Å². The Morgan fingerprint density at radius 1 is 1.15 bits per heavy atom. The van der Waals surface area contributed by atoms with Crippen LogP contribution in [0.15, 0.2) is 18.2 Å². The molecule has 1 saturated carbocycles. The fraction of sp³-hybridized carbons (Fsp3) is 0.526. The van der Waals surface area contributed by atoms with Gasteiger partial charge in [-0.3, -0.25) is 15.0 Å². The standard InChI is InChI=1S/C38H38ClF3N8O2S/c39-23-13-21-31(29(42)28(23)20-6-7-24(41)33-27(20)22(15-43)34(44)53-33)46-37(52-17-38-9-2-10-48(38)16-19(40)14-38)47-35(21)49-11-1-3-25-26(49)8-12-50(25)36(51)32-30(45-32)18-4-5-18/h6-7,13,18-19,25-26,30,32,45H,1-5,8-12,14,16-17,44H2/t19-,25?,26?,30+,32-,38+/m1/s1. The molecule has 3 N–H and O–H groups in total. The van der Waals surface area contributed by atoms with Crippen molar-refractivity contribution in [1.29, 1.82) is 5.26 Å². The first-order valence-corrected chi connectivity index (χ1v) is 19.8. The number of hydrogen-bond donors (Lipinski definition) is 2. The molecule has 0 radical (unpaired) electrons. The summed E-state index contributed by atoms with van der Waals surface area (Å²) in [6.45, 7) is 2.56.